The maximum absolute atomic E-state index is 7.02. The van der Waals surface area contributed by atoms with Crippen molar-refractivity contribution in [3.8, 4) is 44.5 Å². The van der Waals surface area contributed by atoms with Gasteiger partial charge in [0.05, 0.1) is 11.1 Å². The Morgan fingerprint density at radius 1 is 0.292 bits per heavy atom. The number of hydrogen-bond acceptors (Lipinski definition) is 2. The van der Waals surface area contributed by atoms with Gasteiger partial charge in [0.25, 0.3) is 0 Å². The SMILES string of the molecule is c1ccc(N(c2ccc3c(c2)C2(c4ccccc4-c4ccccc42)c2ccccc2-3)c2ccccc2-c2cccc(-c3cccc4c3oc3c5ccccc5c5ccccc5c43)c2)cc1. The molecule has 0 N–H and O–H groups in total. The summed E-state index contributed by atoms with van der Waals surface area (Å²) in [6.45, 7) is 0. The van der Waals surface area contributed by atoms with E-state index in [9.17, 15) is 0 Å². The lowest BCUT2D eigenvalue weighted by Gasteiger charge is -2.32. The number of para-hydroxylation sites is 3. The molecule has 302 valence electrons. The summed E-state index contributed by atoms with van der Waals surface area (Å²) < 4.78 is 7.02. The molecule has 1 aromatic heterocycles. The summed E-state index contributed by atoms with van der Waals surface area (Å²) in [5.41, 5.74) is 19.7. The number of fused-ring (bicyclic) bond motifs is 18. The second-order valence-corrected chi connectivity index (χ2v) is 17.5. The van der Waals surface area contributed by atoms with Crippen LogP contribution in [0.3, 0.4) is 0 Å². The molecule has 2 nitrogen and oxygen atoms in total. The second-order valence-electron chi connectivity index (χ2n) is 17.5. The zero-order chi connectivity index (χ0) is 42.6. The van der Waals surface area contributed by atoms with Gasteiger partial charge in [-0.05, 0) is 108 Å². The molecular weight excluding hydrogens is 787 g/mol. The van der Waals surface area contributed by atoms with Crippen molar-refractivity contribution in [2.24, 2.45) is 0 Å². The van der Waals surface area contributed by atoms with Gasteiger partial charge in [0.1, 0.15) is 11.2 Å². The monoisotopic (exact) mass is 825 g/mol. The van der Waals surface area contributed by atoms with E-state index in [0.717, 1.165) is 61.3 Å². The van der Waals surface area contributed by atoms with Gasteiger partial charge in [-0.25, -0.2) is 0 Å². The molecule has 0 amide bonds. The van der Waals surface area contributed by atoms with Gasteiger partial charge in [-0.2, -0.15) is 0 Å². The Morgan fingerprint density at radius 3 is 1.48 bits per heavy atom. The molecule has 0 bridgehead atoms. The van der Waals surface area contributed by atoms with Crippen molar-refractivity contribution in [2.45, 2.75) is 5.41 Å². The average molecular weight is 826 g/mol. The summed E-state index contributed by atoms with van der Waals surface area (Å²) in [7, 11) is 0. The Morgan fingerprint density at radius 2 is 0.785 bits per heavy atom. The van der Waals surface area contributed by atoms with Crippen LogP contribution < -0.4 is 4.90 Å². The van der Waals surface area contributed by atoms with Crippen molar-refractivity contribution in [1.82, 2.24) is 0 Å². The minimum Gasteiger partial charge on any atom is -0.455 e. The van der Waals surface area contributed by atoms with Crippen molar-refractivity contribution in [1.29, 1.82) is 0 Å². The van der Waals surface area contributed by atoms with E-state index in [1.165, 1.54) is 66.1 Å². The van der Waals surface area contributed by atoms with Gasteiger partial charge in [-0.15, -0.1) is 0 Å². The van der Waals surface area contributed by atoms with Crippen molar-refractivity contribution < 1.29 is 4.42 Å². The molecule has 14 rings (SSSR count). The number of anilines is 3. The summed E-state index contributed by atoms with van der Waals surface area (Å²) in [5, 5.41) is 7.09. The predicted molar refractivity (Wildman–Crippen MR) is 271 cm³/mol. The molecule has 0 atom stereocenters. The molecule has 12 aromatic rings. The summed E-state index contributed by atoms with van der Waals surface area (Å²) in [6.07, 6.45) is 0. The smallest absolute Gasteiger partial charge is 0.143 e. The standard InChI is InChI=1S/C63H39NO/c1-2-20-42(21-3-1)64(43-36-37-51-50-27-10-14-34-57(50)63(58(51)39-43)55-32-12-8-25-48(55)49-26-9-13-33-56(49)63)59-35-15-11-22-44(59)40-18-16-19-41(38-40)45-30-17-31-54-60-52-28-6-4-23-46(52)47-24-5-7-29-53(47)62(60)65-61(45)54/h1-39H. The minimum absolute atomic E-state index is 0.443. The number of hydrogen-bond donors (Lipinski definition) is 0. The highest BCUT2D eigenvalue weighted by molar-refractivity contribution is 6.31. The third kappa shape index (κ3) is 4.99. The number of benzene rings is 11. The summed E-state index contributed by atoms with van der Waals surface area (Å²) >= 11 is 0. The van der Waals surface area contributed by atoms with Crippen LogP contribution in [0.5, 0.6) is 0 Å². The van der Waals surface area contributed by atoms with Crippen LogP contribution >= 0.6 is 0 Å². The van der Waals surface area contributed by atoms with Gasteiger partial charge in [-0.1, -0.05) is 200 Å². The van der Waals surface area contributed by atoms with Crippen LogP contribution in [0.25, 0.3) is 88.0 Å². The highest BCUT2D eigenvalue weighted by atomic mass is 16.3. The van der Waals surface area contributed by atoms with E-state index in [2.05, 4.69) is 241 Å². The van der Waals surface area contributed by atoms with E-state index in [4.69, 9.17) is 4.42 Å². The van der Waals surface area contributed by atoms with Gasteiger partial charge in [-0.3, -0.25) is 0 Å². The van der Waals surface area contributed by atoms with Crippen LogP contribution in [0.4, 0.5) is 17.1 Å². The molecule has 0 saturated heterocycles. The van der Waals surface area contributed by atoms with E-state index in [1.807, 2.05) is 0 Å². The quantitative estimate of drug-likeness (QED) is 0.161. The molecule has 2 heteroatoms. The third-order valence-electron chi connectivity index (χ3n) is 14.3. The largest absolute Gasteiger partial charge is 0.455 e. The van der Waals surface area contributed by atoms with Crippen molar-refractivity contribution >= 4 is 60.5 Å². The zero-order valence-corrected chi connectivity index (χ0v) is 35.4. The topological polar surface area (TPSA) is 16.4 Å². The van der Waals surface area contributed by atoms with E-state index in [1.54, 1.807) is 0 Å². The van der Waals surface area contributed by atoms with Crippen LogP contribution in [-0.4, -0.2) is 0 Å². The van der Waals surface area contributed by atoms with Crippen molar-refractivity contribution in [3.63, 3.8) is 0 Å². The molecule has 2 aliphatic rings. The number of furan rings is 1. The third-order valence-corrected chi connectivity index (χ3v) is 14.3. The molecule has 2 aliphatic carbocycles. The summed E-state index contributed by atoms with van der Waals surface area (Å²) in [6, 6.07) is 86.8. The van der Waals surface area contributed by atoms with E-state index < -0.39 is 5.41 Å². The first-order valence-electron chi connectivity index (χ1n) is 22.5. The first kappa shape index (κ1) is 36.1. The van der Waals surface area contributed by atoms with Crippen LogP contribution in [0.2, 0.25) is 0 Å². The Kier molecular flexibility index (Phi) is 7.64. The fourth-order valence-corrected chi connectivity index (χ4v) is 11.6. The Balaban J connectivity index is 0.959. The maximum Gasteiger partial charge on any atom is 0.143 e. The number of nitrogens with zero attached hydrogens (tertiary/aromatic N) is 1. The molecule has 0 saturated carbocycles. The Labute approximate surface area is 376 Å². The van der Waals surface area contributed by atoms with Crippen molar-refractivity contribution in [3.05, 3.63) is 259 Å². The minimum atomic E-state index is -0.443. The second kappa shape index (κ2) is 13.8. The molecule has 11 aromatic carbocycles. The van der Waals surface area contributed by atoms with Crippen LogP contribution in [0.1, 0.15) is 22.3 Å². The molecule has 1 spiro atoms. The maximum atomic E-state index is 7.02. The highest BCUT2D eigenvalue weighted by Crippen LogP contribution is 2.63. The van der Waals surface area contributed by atoms with Crippen molar-refractivity contribution in [2.75, 3.05) is 4.90 Å². The lowest BCUT2D eigenvalue weighted by Crippen LogP contribution is -2.26. The molecule has 0 fully saturated rings. The molecule has 1 heterocycles. The normalized spacial score (nSPS) is 13.0. The zero-order valence-electron chi connectivity index (χ0n) is 35.4. The number of rotatable bonds is 5. The molecule has 65 heavy (non-hydrogen) atoms. The molecule has 0 aliphatic heterocycles. The van der Waals surface area contributed by atoms with Crippen LogP contribution in [0.15, 0.2) is 241 Å². The Bertz CT molecular complexity index is 3850. The van der Waals surface area contributed by atoms with Crippen LogP contribution in [-0.2, 0) is 5.41 Å². The van der Waals surface area contributed by atoms with Gasteiger partial charge >= 0.3 is 0 Å². The Hall–Kier alpha value is -8.46. The summed E-state index contributed by atoms with van der Waals surface area (Å²) in [4.78, 5) is 2.45. The van der Waals surface area contributed by atoms with E-state index in [-0.39, 0.29) is 0 Å². The van der Waals surface area contributed by atoms with Gasteiger partial charge in [0, 0.05) is 38.7 Å². The first-order valence-corrected chi connectivity index (χ1v) is 22.5. The fourth-order valence-electron chi connectivity index (χ4n) is 11.6. The summed E-state index contributed by atoms with van der Waals surface area (Å²) in [5.74, 6) is 0. The molecular formula is C63H39NO. The molecule has 0 radical (unpaired) electrons. The fraction of sp³-hybridized carbons (Fsp3) is 0.0159. The average Bonchev–Trinajstić information content (AvgIpc) is 4.02. The lowest BCUT2D eigenvalue weighted by molar-refractivity contribution is 0.674. The van der Waals surface area contributed by atoms with Gasteiger partial charge in [0.2, 0.25) is 0 Å². The van der Waals surface area contributed by atoms with Gasteiger partial charge in [0.15, 0.2) is 0 Å². The van der Waals surface area contributed by atoms with Gasteiger partial charge < -0.3 is 9.32 Å². The highest BCUT2D eigenvalue weighted by Gasteiger charge is 2.51. The predicted octanol–water partition coefficient (Wildman–Crippen LogP) is 17.0. The molecule has 0 unspecified atom stereocenters. The lowest BCUT2D eigenvalue weighted by atomic mass is 9.70. The van der Waals surface area contributed by atoms with E-state index in [0.29, 0.717) is 0 Å². The van der Waals surface area contributed by atoms with E-state index >= 15 is 0 Å². The van der Waals surface area contributed by atoms with Crippen LogP contribution in [0, 0.1) is 0 Å². The first-order chi connectivity index (χ1) is 32.3.